The lowest BCUT2D eigenvalue weighted by Crippen LogP contribution is -2.13. The average Bonchev–Trinajstić information content (AvgIpc) is 2.48. The van der Waals surface area contributed by atoms with E-state index in [9.17, 15) is 8.42 Å². The SMILES string of the molecule is Cc1ccncc1NS(=O)(=O)c1ccc(C#CCN)cc1. The Kier molecular flexibility index (Phi) is 4.58. The summed E-state index contributed by atoms with van der Waals surface area (Å²) in [5, 5.41) is 0. The number of hydrogen-bond acceptors (Lipinski definition) is 4. The molecule has 5 nitrogen and oxygen atoms in total. The summed E-state index contributed by atoms with van der Waals surface area (Å²) in [4.78, 5) is 4.08. The quantitative estimate of drug-likeness (QED) is 0.841. The van der Waals surface area contributed by atoms with Crippen molar-refractivity contribution in [3.63, 3.8) is 0 Å². The van der Waals surface area contributed by atoms with Crippen molar-refractivity contribution in [2.75, 3.05) is 11.3 Å². The molecule has 0 spiro atoms. The fourth-order valence-corrected chi connectivity index (χ4v) is 2.76. The van der Waals surface area contributed by atoms with Crippen LogP contribution >= 0.6 is 0 Å². The molecule has 0 unspecified atom stereocenters. The first-order valence-corrected chi connectivity index (χ1v) is 7.73. The molecule has 6 heteroatoms. The minimum Gasteiger partial charge on any atom is -0.320 e. The summed E-state index contributed by atoms with van der Waals surface area (Å²) in [5.41, 5.74) is 7.28. The number of rotatable bonds is 3. The van der Waals surface area contributed by atoms with E-state index in [1.54, 1.807) is 24.4 Å². The number of sulfonamides is 1. The van der Waals surface area contributed by atoms with E-state index in [4.69, 9.17) is 5.73 Å². The van der Waals surface area contributed by atoms with E-state index < -0.39 is 10.0 Å². The molecule has 2 aromatic rings. The van der Waals surface area contributed by atoms with Crippen molar-refractivity contribution in [3.05, 3.63) is 53.9 Å². The lowest BCUT2D eigenvalue weighted by molar-refractivity contribution is 0.601. The number of nitrogens with zero attached hydrogens (tertiary/aromatic N) is 1. The molecule has 2 rings (SSSR count). The molecular weight excluding hydrogens is 286 g/mol. The zero-order valence-electron chi connectivity index (χ0n) is 11.5. The molecule has 0 amide bonds. The highest BCUT2D eigenvalue weighted by Crippen LogP contribution is 2.18. The summed E-state index contributed by atoms with van der Waals surface area (Å²) >= 11 is 0. The maximum Gasteiger partial charge on any atom is 0.261 e. The summed E-state index contributed by atoms with van der Waals surface area (Å²) in [5.74, 6) is 5.56. The van der Waals surface area contributed by atoms with Crippen LogP contribution in [-0.4, -0.2) is 19.9 Å². The summed E-state index contributed by atoms with van der Waals surface area (Å²) in [6.07, 6.45) is 3.09. The Bertz CT molecular complexity index is 788. The highest BCUT2D eigenvalue weighted by atomic mass is 32.2. The average molecular weight is 301 g/mol. The molecule has 0 atom stereocenters. The van der Waals surface area contributed by atoms with Gasteiger partial charge in [0.15, 0.2) is 0 Å². The molecule has 3 N–H and O–H groups in total. The summed E-state index contributed by atoms with van der Waals surface area (Å²) in [7, 11) is -3.64. The predicted octanol–water partition coefficient (Wildman–Crippen LogP) is 1.50. The van der Waals surface area contributed by atoms with E-state index in [0.29, 0.717) is 5.69 Å². The van der Waals surface area contributed by atoms with E-state index in [2.05, 4.69) is 21.5 Å². The zero-order valence-corrected chi connectivity index (χ0v) is 12.3. The third-order valence-corrected chi connectivity index (χ3v) is 4.16. The van der Waals surface area contributed by atoms with Gasteiger partial charge in [-0.1, -0.05) is 11.8 Å². The monoisotopic (exact) mass is 301 g/mol. The van der Waals surface area contributed by atoms with Gasteiger partial charge >= 0.3 is 0 Å². The van der Waals surface area contributed by atoms with Gasteiger partial charge in [-0.2, -0.15) is 0 Å². The second-order valence-corrected chi connectivity index (χ2v) is 6.01. The van der Waals surface area contributed by atoms with Gasteiger partial charge in [0.25, 0.3) is 10.0 Å². The maximum atomic E-state index is 12.3. The molecule has 0 fully saturated rings. The molecule has 1 heterocycles. The van der Waals surface area contributed by atoms with Crippen molar-refractivity contribution in [1.82, 2.24) is 4.98 Å². The van der Waals surface area contributed by atoms with Crippen molar-refractivity contribution < 1.29 is 8.42 Å². The number of anilines is 1. The fourth-order valence-electron chi connectivity index (χ4n) is 1.65. The van der Waals surface area contributed by atoms with Gasteiger partial charge < -0.3 is 5.73 Å². The van der Waals surface area contributed by atoms with Gasteiger partial charge in [-0.15, -0.1) is 0 Å². The van der Waals surface area contributed by atoms with E-state index in [-0.39, 0.29) is 11.4 Å². The molecule has 0 aliphatic rings. The van der Waals surface area contributed by atoms with Crippen LogP contribution in [0.3, 0.4) is 0 Å². The maximum absolute atomic E-state index is 12.3. The lowest BCUT2D eigenvalue weighted by atomic mass is 10.2. The number of aromatic nitrogens is 1. The molecule has 0 bridgehead atoms. The molecule has 0 aliphatic heterocycles. The topological polar surface area (TPSA) is 85.1 Å². The largest absolute Gasteiger partial charge is 0.320 e. The third-order valence-electron chi connectivity index (χ3n) is 2.78. The lowest BCUT2D eigenvalue weighted by Gasteiger charge is -2.09. The van der Waals surface area contributed by atoms with Crippen LogP contribution in [0.2, 0.25) is 0 Å². The van der Waals surface area contributed by atoms with Crippen molar-refractivity contribution in [3.8, 4) is 11.8 Å². The second-order valence-electron chi connectivity index (χ2n) is 4.33. The fraction of sp³-hybridized carbons (Fsp3) is 0.133. The normalized spacial score (nSPS) is 10.6. The summed E-state index contributed by atoms with van der Waals surface area (Å²) in [6.45, 7) is 2.08. The highest BCUT2D eigenvalue weighted by Gasteiger charge is 2.14. The van der Waals surface area contributed by atoms with Gasteiger partial charge in [0.2, 0.25) is 0 Å². The first-order valence-electron chi connectivity index (χ1n) is 6.25. The Morgan fingerprint density at radius 3 is 2.57 bits per heavy atom. The Hall–Kier alpha value is -2.36. The van der Waals surface area contributed by atoms with Crippen LogP contribution in [0.5, 0.6) is 0 Å². The van der Waals surface area contributed by atoms with Crippen molar-refractivity contribution >= 4 is 15.7 Å². The number of pyridine rings is 1. The minimum atomic E-state index is -3.64. The molecule has 0 aliphatic carbocycles. The van der Waals surface area contributed by atoms with Crippen LogP contribution in [-0.2, 0) is 10.0 Å². The zero-order chi connectivity index (χ0) is 15.3. The molecule has 0 radical (unpaired) electrons. The van der Waals surface area contributed by atoms with Crippen LogP contribution < -0.4 is 10.5 Å². The molecule has 0 saturated heterocycles. The van der Waals surface area contributed by atoms with Crippen LogP contribution in [0.1, 0.15) is 11.1 Å². The Morgan fingerprint density at radius 1 is 1.24 bits per heavy atom. The highest BCUT2D eigenvalue weighted by molar-refractivity contribution is 7.92. The van der Waals surface area contributed by atoms with Crippen LogP contribution in [0, 0.1) is 18.8 Å². The Labute approximate surface area is 124 Å². The van der Waals surface area contributed by atoms with Crippen LogP contribution in [0.4, 0.5) is 5.69 Å². The minimum absolute atomic E-state index is 0.170. The predicted molar refractivity (Wildman–Crippen MR) is 82.2 cm³/mol. The van der Waals surface area contributed by atoms with Crippen LogP contribution in [0.25, 0.3) is 0 Å². The van der Waals surface area contributed by atoms with Gasteiger partial charge in [-0.05, 0) is 42.8 Å². The standard InChI is InChI=1S/C15H15N3O2S/c1-12-8-10-17-11-15(12)18-21(19,20)14-6-4-13(5-7-14)3-2-9-16/h4-8,10-11,18H,9,16H2,1H3. The van der Waals surface area contributed by atoms with Gasteiger partial charge in [0.1, 0.15) is 0 Å². The van der Waals surface area contributed by atoms with Crippen LogP contribution in [0.15, 0.2) is 47.6 Å². The van der Waals surface area contributed by atoms with Gasteiger partial charge in [0.05, 0.1) is 23.3 Å². The van der Waals surface area contributed by atoms with E-state index in [1.165, 1.54) is 18.3 Å². The molecule has 108 valence electrons. The third kappa shape index (κ3) is 3.81. The Morgan fingerprint density at radius 2 is 1.95 bits per heavy atom. The Balaban J connectivity index is 2.26. The van der Waals surface area contributed by atoms with Gasteiger partial charge in [-0.25, -0.2) is 8.42 Å². The van der Waals surface area contributed by atoms with Crippen molar-refractivity contribution in [1.29, 1.82) is 0 Å². The summed E-state index contributed by atoms with van der Waals surface area (Å²) in [6, 6.07) is 8.05. The number of hydrogen-bond donors (Lipinski definition) is 2. The summed E-state index contributed by atoms with van der Waals surface area (Å²) < 4.78 is 27.1. The number of nitrogens with one attached hydrogen (secondary N) is 1. The first kappa shape index (κ1) is 15.0. The van der Waals surface area contributed by atoms with Gasteiger partial charge in [-0.3, -0.25) is 9.71 Å². The van der Waals surface area contributed by atoms with E-state index in [0.717, 1.165) is 11.1 Å². The van der Waals surface area contributed by atoms with Crippen molar-refractivity contribution in [2.45, 2.75) is 11.8 Å². The molecular formula is C15H15N3O2S. The first-order chi connectivity index (χ1) is 10.0. The molecule has 21 heavy (non-hydrogen) atoms. The van der Waals surface area contributed by atoms with Crippen molar-refractivity contribution in [2.24, 2.45) is 5.73 Å². The number of benzene rings is 1. The second kappa shape index (κ2) is 6.39. The molecule has 0 saturated carbocycles. The smallest absolute Gasteiger partial charge is 0.261 e. The number of aryl methyl sites for hydroxylation is 1. The molecule has 1 aromatic carbocycles. The number of nitrogens with two attached hydrogens (primary N) is 1. The van der Waals surface area contributed by atoms with Gasteiger partial charge in [0, 0.05) is 11.8 Å². The van der Waals surface area contributed by atoms with E-state index >= 15 is 0 Å². The van der Waals surface area contributed by atoms with E-state index in [1.807, 2.05) is 6.92 Å². The molecule has 1 aromatic heterocycles.